The number of fused-ring (bicyclic) bond motifs is 12. The van der Waals surface area contributed by atoms with E-state index in [1.807, 2.05) is 0 Å². The second-order valence-corrected chi connectivity index (χ2v) is 10.7. The van der Waals surface area contributed by atoms with Crippen molar-refractivity contribution in [2.75, 3.05) is 0 Å². The molecular weight excluding hydrogens is 512 g/mol. The molecule has 0 radical (unpaired) electrons. The van der Waals surface area contributed by atoms with Gasteiger partial charge in [0.15, 0.2) is 0 Å². The van der Waals surface area contributed by atoms with Gasteiger partial charge in [-0.2, -0.15) is 0 Å². The predicted molar refractivity (Wildman–Crippen MR) is 174 cm³/mol. The highest BCUT2D eigenvalue weighted by Crippen LogP contribution is 2.38. The summed E-state index contributed by atoms with van der Waals surface area (Å²) < 4.78 is 0. The van der Waals surface area contributed by atoms with E-state index >= 15 is 0 Å². The molecule has 4 heteroatoms. The summed E-state index contributed by atoms with van der Waals surface area (Å²) in [7, 11) is 0. The van der Waals surface area contributed by atoms with E-state index in [9.17, 15) is 0 Å². The molecule has 0 aliphatic rings. The Morgan fingerprint density at radius 2 is 0.619 bits per heavy atom. The van der Waals surface area contributed by atoms with Crippen LogP contribution in [0.25, 0.3) is 87.4 Å². The van der Waals surface area contributed by atoms with Crippen molar-refractivity contribution in [2.45, 2.75) is 0 Å². The van der Waals surface area contributed by atoms with Gasteiger partial charge in [0.05, 0.1) is 22.1 Å². The average Bonchev–Trinajstić information content (AvgIpc) is 3.08. The van der Waals surface area contributed by atoms with Crippen molar-refractivity contribution in [1.29, 1.82) is 0 Å². The normalized spacial score (nSPS) is 11.8. The molecule has 0 atom stereocenters. The van der Waals surface area contributed by atoms with Crippen molar-refractivity contribution in [2.24, 2.45) is 0 Å². The summed E-state index contributed by atoms with van der Waals surface area (Å²) in [6.45, 7) is 0. The van der Waals surface area contributed by atoms with Crippen LogP contribution in [-0.4, -0.2) is 19.9 Å². The summed E-state index contributed by atoms with van der Waals surface area (Å²) in [5.74, 6) is 0. The Balaban J connectivity index is 1.23. The minimum Gasteiger partial charge on any atom is -0.252 e. The minimum absolute atomic E-state index is 0.937. The Bertz CT molecular complexity index is 2290. The first-order valence-electron chi connectivity index (χ1n) is 14.0. The summed E-state index contributed by atoms with van der Waals surface area (Å²) in [4.78, 5) is 18.8. The van der Waals surface area contributed by atoms with Crippen LogP contribution in [0.5, 0.6) is 0 Å². The molecule has 4 nitrogen and oxygen atoms in total. The first-order valence-corrected chi connectivity index (χ1v) is 14.0. The smallest absolute Gasteiger partial charge is 0.0971 e. The van der Waals surface area contributed by atoms with Crippen LogP contribution < -0.4 is 0 Å². The van der Waals surface area contributed by atoms with Crippen LogP contribution in [0, 0.1) is 0 Å². The van der Waals surface area contributed by atoms with Gasteiger partial charge in [0, 0.05) is 46.3 Å². The fourth-order valence-corrected chi connectivity index (χ4v) is 6.50. The summed E-state index contributed by atoms with van der Waals surface area (Å²) in [6.07, 6.45) is 7.09. The predicted octanol–water partition coefficient (Wildman–Crippen LogP) is 9.52. The standard InChI is InChI=1S/C38H22N4/c1-3-10-29-27(8-1)33-21-25(12-14-31(33)37-35(29)39-16-18-41-37)23-6-5-7-24(20-23)26-13-15-32-34(22-26)28-9-2-4-11-30(28)36-38(32)42-19-17-40-36/h1-22H. The molecule has 0 aliphatic carbocycles. The maximum atomic E-state index is 4.71. The Labute approximate surface area is 241 Å². The highest BCUT2D eigenvalue weighted by atomic mass is 14.8. The van der Waals surface area contributed by atoms with Crippen molar-refractivity contribution in [3.8, 4) is 22.3 Å². The molecule has 42 heavy (non-hydrogen) atoms. The molecule has 194 valence electrons. The number of aromatic nitrogens is 4. The van der Waals surface area contributed by atoms with Crippen molar-refractivity contribution in [3.63, 3.8) is 0 Å². The number of rotatable bonds is 2. The van der Waals surface area contributed by atoms with E-state index in [1.165, 1.54) is 43.8 Å². The molecule has 0 fully saturated rings. The van der Waals surface area contributed by atoms with Gasteiger partial charge in [-0.25, -0.2) is 0 Å². The van der Waals surface area contributed by atoms with E-state index in [1.54, 1.807) is 24.8 Å². The van der Waals surface area contributed by atoms with Crippen LogP contribution in [0.2, 0.25) is 0 Å². The fourth-order valence-electron chi connectivity index (χ4n) is 6.50. The Hall–Kier alpha value is -5.74. The van der Waals surface area contributed by atoms with Gasteiger partial charge in [-0.15, -0.1) is 0 Å². The van der Waals surface area contributed by atoms with E-state index in [0.717, 1.165) is 43.6 Å². The molecular formula is C38H22N4. The lowest BCUT2D eigenvalue weighted by Crippen LogP contribution is -1.90. The minimum atomic E-state index is 0.937. The maximum Gasteiger partial charge on any atom is 0.0971 e. The Kier molecular flexibility index (Phi) is 4.87. The van der Waals surface area contributed by atoms with E-state index in [4.69, 9.17) is 9.97 Å². The lowest BCUT2D eigenvalue weighted by Gasteiger charge is -2.12. The topological polar surface area (TPSA) is 51.6 Å². The van der Waals surface area contributed by atoms with Crippen LogP contribution in [0.3, 0.4) is 0 Å². The first kappa shape index (κ1) is 23.0. The second kappa shape index (κ2) is 8.88. The monoisotopic (exact) mass is 534 g/mol. The van der Waals surface area contributed by atoms with Gasteiger partial charge in [-0.1, -0.05) is 91.0 Å². The van der Waals surface area contributed by atoms with Gasteiger partial charge in [0.1, 0.15) is 0 Å². The summed E-state index contributed by atoms with van der Waals surface area (Å²) >= 11 is 0. The van der Waals surface area contributed by atoms with Crippen LogP contribution in [0.1, 0.15) is 0 Å². The Morgan fingerprint density at radius 3 is 1.05 bits per heavy atom. The molecule has 0 N–H and O–H groups in total. The van der Waals surface area contributed by atoms with Crippen molar-refractivity contribution in [3.05, 3.63) is 134 Å². The van der Waals surface area contributed by atoms with Crippen LogP contribution in [-0.2, 0) is 0 Å². The number of hydrogen-bond donors (Lipinski definition) is 0. The molecule has 9 aromatic rings. The van der Waals surface area contributed by atoms with Gasteiger partial charge in [-0.3, -0.25) is 19.9 Å². The third-order valence-electron chi connectivity index (χ3n) is 8.42. The number of hydrogen-bond acceptors (Lipinski definition) is 4. The van der Waals surface area contributed by atoms with E-state index < -0.39 is 0 Å². The van der Waals surface area contributed by atoms with Crippen LogP contribution in [0.4, 0.5) is 0 Å². The third kappa shape index (κ3) is 3.36. The molecule has 0 aliphatic heterocycles. The van der Waals surface area contributed by atoms with Crippen LogP contribution >= 0.6 is 0 Å². The maximum absolute atomic E-state index is 4.71. The molecule has 0 bridgehead atoms. The molecule has 2 aromatic heterocycles. The van der Waals surface area contributed by atoms with E-state index in [-0.39, 0.29) is 0 Å². The molecule has 0 spiro atoms. The number of nitrogens with zero attached hydrogens (tertiary/aromatic N) is 4. The first-order chi connectivity index (χ1) is 20.8. The molecule has 0 unspecified atom stereocenters. The molecule has 9 rings (SSSR count). The summed E-state index contributed by atoms with van der Waals surface area (Å²) in [5, 5.41) is 9.24. The highest BCUT2D eigenvalue weighted by molar-refractivity contribution is 6.24. The zero-order chi connectivity index (χ0) is 27.6. The zero-order valence-corrected chi connectivity index (χ0v) is 22.5. The Morgan fingerprint density at radius 1 is 0.262 bits per heavy atom. The number of benzene rings is 7. The summed E-state index contributed by atoms with van der Waals surface area (Å²) in [6, 6.07) is 39.1. The quantitative estimate of drug-likeness (QED) is 0.207. The van der Waals surface area contributed by atoms with Crippen molar-refractivity contribution >= 4 is 65.2 Å². The summed E-state index contributed by atoms with van der Waals surface area (Å²) in [5.41, 5.74) is 8.45. The lowest BCUT2D eigenvalue weighted by molar-refractivity contribution is 1.31. The van der Waals surface area contributed by atoms with E-state index in [0.29, 0.717) is 0 Å². The highest BCUT2D eigenvalue weighted by Gasteiger charge is 2.13. The zero-order valence-electron chi connectivity index (χ0n) is 22.5. The van der Waals surface area contributed by atoms with Crippen LogP contribution in [0.15, 0.2) is 134 Å². The second-order valence-electron chi connectivity index (χ2n) is 10.7. The molecule has 2 heterocycles. The molecule has 0 saturated heterocycles. The van der Waals surface area contributed by atoms with Gasteiger partial charge >= 0.3 is 0 Å². The fraction of sp³-hybridized carbons (Fsp3) is 0. The van der Waals surface area contributed by atoms with E-state index in [2.05, 4.69) is 119 Å². The third-order valence-corrected chi connectivity index (χ3v) is 8.42. The molecule has 0 amide bonds. The average molecular weight is 535 g/mol. The SMILES string of the molecule is c1cc(-c2ccc3c(c2)c2ccccc2c2nccnc32)cc(-c2ccc3c(c2)c2ccccc2c2nccnc32)c1. The molecule has 7 aromatic carbocycles. The van der Waals surface area contributed by atoms with Gasteiger partial charge in [-0.05, 0) is 62.0 Å². The molecule has 0 saturated carbocycles. The largest absolute Gasteiger partial charge is 0.252 e. The lowest BCUT2D eigenvalue weighted by atomic mass is 9.93. The van der Waals surface area contributed by atoms with Crippen molar-refractivity contribution < 1.29 is 0 Å². The van der Waals surface area contributed by atoms with Gasteiger partial charge in [0.25, 0.3) is 0 Å². The van der Waals surface area contributed by atoms with Gasteiger partial charge in [0.2, 0.25) is 0 Å². The van der Waals surface area contributed by atoms with Crippen molar-refractivity contribution in [1.82, 2.24) is 19.9 Å². The van der Waals surface area contributed by atoms with Gasteiger partial charge < -0.3 is 0 Å².